The predicted octanol–water partition coefficient (Wildman–Crippen LogP) is 4.26. The van der Waals surface area contributed by atoms with Crippen molar-refractivity contribution in [3.8, 4) is 0 Å². The summed E-state index contributed by atoms with van der Waals surface area (Å²) in [6, 6.07) is 0. The molecule has 21 heavy (non-hydrogen) atoms. The van der Waals surface area contributed by atoms with E-state index in [2.05, 4.69) is 30.2 Å². The Morgan fingerprint density at radius 1 is 0.952 bits per heavy atom. The molecule has 0 bridgehead atoms. The van der Waals surface area contributed by atoms with Crippen molar-refractivity contribution in [2.75, 3.05) is 33.0 Å². The van der Waals surface area contributed by atoms with Crippen molar-refractivity contribution in [3.05, 3.63) is 0 Å². The Labute approximate surface area is 132 Å². The number of ether oxygens (including phenoxy) is 1. The van der Waals surface area contributed by atoms with Crippen LogP contribution in [0.5, 0.6) is 0 Å². The number of nitrogens with zero attached hydrogens (tertiary/aromatic N) is 2. The maximum absolute atomic E-state index is 5.89. The summed E-state index contributed by atoms with van der Waals surface area (Å²) in [6.07, 6.45) is 11.9. The van der Waals surface area contributed by atoms with Crippen LogP contribution in [-0.4, -0.2) is 48.3 Å². The highest BCUT2D eigenvalue weighted by Crippen LogP contribution is 2.09. The standard InChI is InChI=1S/C18H37N2O/c1-4-7-8-9-10-11-12-16-21-17-20-15-14-19(6-3)18(20)13-5-2/h4-17H2,1-3H3/q+1. The lowest BCUT2D eigenvalue weighted by molar-refractivity contribution is -0.560. The number of likely N-dealkylation sites (N-methyl/N-ethyl adjacent to an activating group) is 1. The van der Waals surface area contributed by atoms with Gasteiger partial charge in [-0.05, 0) is 19.8 Å². The van der Waals surface area contributed by atoms with Gasteiger partial charge in [0.25, 0.3) is 0 Å². The van der Waals surface area contributed by atoms with Crippen LogP contribution in [-0.2, 0) is 4.74 Å². The van der Waals surface area contributed by atoms with Gasteiger partial charge in [0, 0.05) is 6.42 Å². The van der Waals surface area contributed by atoms with E-state index in [1.54, 1.807) is 0 Å². The molecule has 1 aliphatic heterocycles. The van der Waals surface area contributed by atoms with Gasteiger partial charge < -0.3 is 4.74 Å². The van der Waals surface area contributed by atoms with Crippen molar-refractivity contribution in [1.82, 2.24) is 4.90 Å². The van der Waals surface area contributed by atoms with Gasteiger partial charge in [0.1, 0.15) is 13.1 Å². The van der Waals surface area contributed by atoms with E-state index in [9.17, 15) is 0 Å². The summed E-state index contributed by atoms with van der Waals surface area (Å²) in [5, 5.41) is 0. The van der Waals surface area contributed by atoms with E-state index in [0.717, 1.165) is 26.4 Å². The van der Waals surface area contributed by atoms with E-state index >= 15 is 0 Å². The topological polar surface area (TPSA) is 15.5 Å². The first-order chi connectivity index (χ1) is 10.3. The third kappa shape index (κ3) is 7.30. The van der Waals surface area contributed by atoms with Gasteiger partial charge >= 0.3 is 0 Å². The van der Waals surface area contributed by atoms with Crippen LogP contribution in [0.3, 0.4) is 0 Å². The molecule has 0 saturated heterocycles. The number of hydrogen-bond acceptors (Lipinski definition) is 2. The second-order valence-corrected chi connectivity index (χ2v) is 6.17. The Bertz CT molecular complexity index is 289. The smallest absolute Gasteiger partial charge is 0.248 e. The van der Waals surface area contributed by atoms with E-state index in [1.807, 2.05) is 0 Å². The van der Waals surface area contributed by atoms with Crippen molar-refractivity contribution in [2.24, 2.45) is 0 Å². The molecule has 3 heteroatoms. The van der Waals surface area contributed by atoms with Crippen LogP contribution in [0.15, 0.2) is 0 Å². The molecule has 0 N–H and O–H groups in total. The zero-order valence-corrected chi connectivity index (χ0v) is 14.7. The molecule has 0 fully saturated rings. The minimum absolute atomic E-state index is 0.793. The average molecular weight is 298 g/mol. The molecule has 3 nitrogen and oxygen atoms in total. The van der Waals surface area contributed by atoms with E-state index < -0.39 is 0 Å². The monoisotopic (exact) mass is 297 g/mol. The lowest BCUT2D eigenvalue weighted by Crippen LogP contribution is -2.29. The summed E-state index contributed by atoms with van der Waals surface area (Å²) in [7, 11) is 0. The fourth-order valence-corrected chi connectivity index (χ4v) is 3.06. The fraction of sp³-hybridized carbons (Fsp3) is 0.944. The summed E-state index contributed by atoms with van der Waals surface area (Å²) in [6.45, 7) is 11.9. The third-order valence-electron chi connectivity index (χ3n) is 4.36. The van der Waals surface area contributed by atoms with Crippen molar-refractivity contribution in [1.29, 1.82) is 0 Å². The van der Waals surface area contributed by atoms with Gasteiger partial charge in [-0.25, -0.2) is 4.58 Å². The molecule has 0 radical (unpaired) electrons. The SMILES string of the molecule is CCCCCCCCCOC[N+]1=C(CCC)N(CC)CC1. The molecule has 0 spiro atoms. The second-order valence-electron chi connectivity index (χ2n) is 6.17. The van der Waals surface area contributed by atoms with E-state index in [1.165, 1.54) is 70.2 Å². The molecule has 0 amide bonds. The highest BCUT2D eigenvalue weighted by molar-refractivity contribution is 5.78. The molecule has 0 atom stereocenters. The van der Waals surface area contributed by atoms with Gasteiger partial charge in [0.05, 0.1) is 13.2 Å². The average Bonchev–Trinajstić information content (AvgIpc) is 2.88. The summed E-state index contributed by atoms with van der Waals surface area (Å²) in [4.78, 5) is 2.50. The zero-order chi connectivity index (χ0) is 15.3. The van der Waals surface area contributed by atoms with Gasteiger partial charge in [0.2, 0.25) is 5.84 Å². The van der Waals surface area contributed by atoms with Crippen LogP contribution in [0.2, 0.25) is 0 Å². The van der Waals surface area contributed by atoms with E-state index in [-0.39, 0.29) is 0 Å². The van der Waals surface area contributed by atoms with Gasteiger partial charge in [-0.1, -0.05) is 52.4 Å². The Hall–Kier alpha value is -0.570. The van der Waals surface area contributed by atoms with Crippen LogP contribution < -0.4 is 0 Å². The molecule has 0 aromatic heterocycles. The van der Waals surface area contributed by atoms with Gasteiger partial charge in [0.15, 0.2) is 6.73 Å². The van der Waals surface area contributed by atoms with Crippen LogP contribution in [0.25, 0.3) is 0 Å². The molecule has 1 heterocycles. The Morgan fingerprint density at radius 3 is 2.33 bits per heavy atom. The number of amidine groups is 1. The third-order valence-corrected chi connectivity index (χ3v) is 4.36. The number of rotatable bonds is 13. The molecule has 0 saturated carbocycles. The van der Waals surface area contributed by atoms with E-state index in [4.69, 9.17) is 4.74 Å². The predicted molar refractivity (Wildman–Crippen MR) is 91.1 cm³/mol. The normalized spacial score (nSPS) is 15.3. The largest absolute Gasteiger partial charge is 0.342 e. The first kappa shape index (κ1) is 18.5. The molecule has 0 aromatic carbocycles. The molecular weight excluding hydrogens is 260 g/mol. The van der Waals surface area contributed by atoms with Crippen LogP contribution in [0, 0.1) is 0 Å². The van der Waals surface area contributed by atoms with Crippen LogP contribution in [0.1, 0.15) is 78.6 Å². The first-order valence-corrected chi connectivity index (χ1v) is 9.26. The molecule has 0 aliphatic carbocycles. The number of unbranched alkanes of at least 4 members (excludes halogenated alkanes) is 6. The van der Waals surface area contributed by atoms with Crippen molar-refractivity contribution in [2.45, 2.75) is 78.6 Å². The summed E-state index contributed by atoms with van der Waals surface area (Å²) in [5.41, 5.74) is 0. The van der Waals surface area contributed by atoms with Gasteiger partial charge in [-0.3, -0.25) is 4.90 Å². The summed E-state index contributed by atoms with van der Waals surface area (Å²) >= 11 is 0. The van der Waals surface area contributed by atoms with Crippen LogP contribution in [0.4, 0.5) is 0 Å². The quantitative estimate of drug-likeness (QED) is 0.373. The minimum atomic E-state index is 0.793. The molecular formula is C18H37N2O+. The summed E-state index contributed by atoms with van der Waals surface area (Å²) < 4.78 is 8.33. The maximum Gasteiger partial charge on any atom is 0.248 e. The number of hydrogen-bond donors (Lipinski definition) is 0. The first-order valence-electron chi connectivity index (χ1n) is 9.26. The second kappa shape index (κ2) is 12.0. The Balaban J connectivity index is 2.09. The van der Waals surface area contributed by atoms with Crippen molar-refractivity contribution < 1.29 is 9.31 Å². The Morgan fingerprint density at radius 2 is 1.67 bits per heavy atom. The van der Waals surface area contributed by atoms with Crippen molar-refractivity contribution >= 4 is 5.84 Å². The van der Waals surface area contributed by atoms with Gasteiger partial charge in [-0.15, -0.1) is 0 Å². The van der Waals surface area contributed by atoms with Gasteiger partial charge in [-0.2, -0.15) is 0 Å². The van der Waals surface area contributed by atoms with Crippen molar-refractivity contribution in [3.63, 3.8) is 0 Å². The van der Waals surface area contributed by atoms with Crippen LogP contribution >= 0.6 is 0 Å². The Kier molecular flexibility index (Phi) is 10.6. The molecule has 0 aromatic rings. The highest BCUT2D eigenvalue weighted by Gasteiger charge is 2.27. The zero-order valence-electron chi connectivity index (χ0n) is 14.7. The minimum Gasteiger partial charge on any atom is -0.342 e. The lowest BCUT2D eigenvalue weighted by Gasteiger charge is -2.10. The lowest BCUT2D eigenvalue weighted by atomic mass is 10.1. The highest BCUT2D eigenvalue weighted by atomic mass is 16.5. The molecule has 1 rings (SSSR count). The fourth-order valence-electron chi connectivity index (χ4n) is 3.06. The molecule has 1 aliphatic rings. The maximum atomic E-state index is 5.89. The van der Waals surface area contributed by atoms with E-state index in [0.29, 0.717) is 0 Å². The molecule has 124 valence electrons. The summed E-state index contributed by atoms with van der Waals surface area (Å²) in [5.74, 6) is 1.50. The molecule has 0 unspecified atom stereocenters.